The number of hydrogen-bond acceptors (Lipinski definition) is 5. The van der Waals surface area contributed by atoms with E-state index in [0.29, 0.717) is 11.3 Å². The molecule has 2 aromatic rings. The van der Waals surface area contributed by atoms with Crippen molar-refractivity contribution in [3.05, 3.63) is 60.2 Å². The fraction of sp³-hybridized carbons (Fsp3) is 0.333. The zero-order valence-corrected chi connectivity index (χ0v) is 15.6. The van der Waals surface area contributed by atoms with E-state index in [1.807, 2.05) is 30.3 Å². The predicted octanol–water partition coefficient (Wildman–Crippen LogP) is 2.62. The number of likely N-dealkylation sites (N-methyl/N-ethyl adjacent to an activating group) is 1. The highest BCUT2D eigenvalue weighted by Crippen LogP contribution is 2.19. The molecule has 2 aromatic carbocycles. The Morgan fingerprint density at radius 3 is 2.26 bits per heavy atom. The van der Waals surface area contributed by atoms with E-state index in [1.165, 1.54) is 0 Å². The molecule has 1 saturated heterocycles. The Labute approximate surface area is 159 Å². The fourth-order valence-electron chi connectivity index (χ4n) is 3.06. The van der Waals surface area contributed by atoms with Crippen LogP contribution in [0.15, 0.2) is 54.6 Å². The van der Waals surface area contributed by atoms with Crippen LogP contribution >= 0.6 is 0 Å². The first-order chi connectivity index (χ1) is 13.2. The first kappa shape index (κ1) is 18.9. The van der Waals surface area contributed by atoms with Crippen molar-refractivity contribution in [1.82, 2.24) is 4.90 Å². The van der Waals surface area contributed by atoms with Crippen LogP contribution in [-0.2, 0) is 9.53 Å². The highest BCUT2D eigenvalue weighted by atomic mass is 16.5. The van der Waals surface area contributed by atoms with Gasteiger partial charge in [-0.3, -0.25) is 4.79 Å². The minimum absolute atomic E-state index is 0.311. The SMILES string of the molecule is CCN1CCN(c2ccc(NC(=O)COC(=O)c3ccccc3)cc2)CC1. The summed E-state index contributed by atoms with van der Waals surface area (Å²) in [6, 6.07) is 16.4. The normalized spacial score (nSPS) is 14.6. The number of esters is 1. The number of nitrogens with one attached hydrogen (secondary N) is 1. The molecule has 0 radical (unpaired) electrons. The number of nitrogens with zero attached hydrogens (tertiary/aromatic N) is 2. The molecule has 0 aromatic heterocycles. The van der Waals surface area contributed by atoms with E-state index < -0.39 is 5.97 Å². The van der Waals surface area contributed by atoms with Crippen LogP contribution in [0.1, 0.15) is 17.3 Å². The number of ether oxygens (including phenoxy) is 1. The van der Waals surface area contributed by atoms with E-state index in [9.17, 15) is 9.59 Å². The number of carbonyl (C=O) groups is 2. The molecule has 1 heterocycles. The van der Waals surface area contributed by atoms with Gasteiger partial charge in [-0.05, 0) is 42.9 Å². The summed E-state index contributed by atoms with van der Waals surface area (Å²) in [6.45, 7) is 7.12. The predicted molar refractivity (Wildman–Crippen MR) is 106 cm³/mol. The summed E-state index contributed by atoms with van der Waals surface area (Å²) in [5, 5.41) is 2.75. The number of benzene rings is 2. The second kappa shape index (κ2) is 9.19. The lowest BCUT2D eigenvalue weighted by molar-refractivity contribution is -0.119. The van der Waals surface area contributed by atoms with Gasteiger partial charge in [0.05, 0.1) is 5.56 Å². The standard InChI is InChI=1S/C21H25N3O3/c1-2-23-12-14-24(15-13-23)19-10-8-18(9-11-19)22-20(25)16-27-21(26)17-6-4-3-5-7-17/h3-11H,2,12-16H2,1H3,(H,22,25). The summed E-state index contributed by atoms with van der Waals surface area (Å²) in [7, 11) is 0. The monoisotopic (exact) mass is 367 g/mol. The lowest BCUT2D eigenvalue weighted by atomic mass is 10.2. The molecule has 0 spiro atoms. The summed E-state index contributed by atoms with van der Waals surface area (Å²) in [4.78, 5) is 28.6. The largest absolute Gasteiger partial charge is 0.452 e. The zero-order valence-electron chi connectivity index (χ0n) is 15.6. The molecule has 27 heavy (non-hydrogen) atoms. The molecule has 0 aliphatic carbocycles. The van der Waals surface area contributed by atoms with E-state index >= 15 is 0 Å². The maximum atomic E-state index is 12.0. The number of anilines is 2. The molecule has 1 N–H and O–H groups in total. The van der Waals surface area contributed by atoms with Gasteiger partial charge < -0.3 is 19.9 Å². The van der Waals surface area contributed by atoms with Gasteiger partial charge in [0.1, 0.15) is 0 Å². The lowest BCUT2D eigenvalue weighted by Crippen LogP contribution is -2.46. The Morgan fingerprint density at radius 2 is 1.63 bits per heavy atom. The van der Waals surface area contributed by atoms with E-state index in [2.05, 4.69) is 22.0 Å². The highest BCUT2D eigenvalue weighted by Gasteiger charge is 2.16. The Morgan fingerprint density at radius 1 is 0.963 bits per heavy atom. The summed E-state index contributed by atoms with van der Waals surface area (Å²) < 4.78 is 5.04. The first-order valence-electron chi connectivity index (χ1n) is 9.25. The quantitative estimate of drug-likeness (QED) is 0.796. The van der Waals surface area contributed by atoms with Crippen LogP contribution in [0.4, 0.5) is 11.4 Å². The van der Waals surface area contributed by atoms with Gasteiger partial charge in [-0.15, -0.1) is 0 Å². The molecule has 6 nitrogen and oxygen atoms in total. The topological polar surface area (TPSA) is 61.9 Å². The molecule has 1 aliphatic heterocycles. The molecular formula is C21H25N3O3. The van der Waals surface area contributed by atoms with Crippen molar-refractivity contribution < 1.29 is 14.3 Å². The number of piperazine rings is 1. The third kappa shape index (κ3) is 5.31. The minimum Gasteiger partial charge on any atom is -0.452 e. The highest BCUT2D eigenvalue weighted by molar-refractivity contribution is 5.95. The molecule has 1 amide bonds. The summed E-state index contributed by atoms with van der Waals surface area (Å²) in [5.74, 6) is -0.865. The molecule has 0 saturated carbocycles. The van der Waals surface area contributed by atoms with E-state index in [4.69, 9.17) is 4.74 Å². The van der Waals surface area contributed by atoms with Crippen LogP contribution in [0.25, 0.3) is 0 Å². The number of carbonyl (C=O) groups excluding carboxylic acids is 2. The average Bonchev–Trinajstić information content (AvgIpc) is 2.73. The Bertz CT molecular complexity index is 754. The van der Waals surface area contributed by atoms with Crippen molar-refractivity contribution >= 4 is 23.3 Å². The van der Waals surface area contributed by atoms with Crippen LogP contribution in [-0.4, -0.2) is 56.1 Å². The van der Waals surface area contributed by atoms with Gasteiger partial charge in [-0.1, -0.05) is 25.1 Å². The van der Waals surface area contributed by atoms with Crippen LogP contribution < -0.4 is 10.2 Å². The number of amides is 1. The van der Waals surface area contributed by atoms with Gasteiger partial charge in [-0.2, -0.15) is 0 Å². The second-order valence-electron chi connectivity index (χ2n) is 6.46. The molecule has 6 heteroatoms. The molecular weight excluding hydrogens is 342 g/mol. The van der Waals surface area contributed by atoms with Crippen LogP contribution in [0.5, 0.6) is 0 Å². The summed E-state index contributed by atoms with van der Waals surface area (Å²) in [5.41, 5.74) is 2.27. The van der Waals surface area contributed by atoms with Crippen molar-refractivity contribution in [2.45, 2.75) is 6.92 Å². The summed E-state index contributed by atoms with van der Waals surface area (Å²) in [6.07, 6.45) is 0. The van der Waals surface area contributed by atoms with Crippen molar-refractivity contribution in [3.8, 4) is 0 Å². The Hall–Kier alpha value is -2.86. The molecule has 1 fully saturated rings. The van der Waals surface area contributed by atoms with Gasteiger partial charge in [-0.25, -0.2) is 4.79 Å². The Kier molecular flexibility index (Phi) is 6.44. The van der Waals surface area contributed by atoms with E-state index in [-0.39, 0.29) is 12.5 Å². The van der Waals surface area contributed by atoms with E-state index in [0.717, 1.165) is 38.4 Å². The van der Waals surface area contributed by atoms with Crippen LogP contribution in [0.2, 0.25) is 0 Å². The number of rotatable bonds is 6. The molecule has 0 bridgehead atoms. The zero-order chi connectivity index (χ0) is 19.1. The first-order valence-corrected chi connectivity index (χ1v) is 9.25. The van der Waals surface area contributed by atoms with Crippen LogP contribution in [0, 0.1) is 0 Å². The lowest BCUT2D eigenvalue weighted by Gasteiger charge is -2.35. The smallest absolute Gasteiger partial charge is 0.338 e. The van der Waals surface area contributed by atoms with Crippen molar-refractivity contribution in [3.63, 3.8) is 0 Å². The van der Waals surface area contributed by atoms with Gasteiger partial charge in [0, 0.05) is 37.6 Å². The van der Waals surface area contributed by atoms with Crippen molar-refractivity contribution in [2.24, 2.45) is 0 Å². The third-order valence-corrected chi connectivity index (χ3v) is 4.68. The molecule has 0 atom stereocenters. The van der Waals surface area contributed by atoms with Gasteiger partial charge in [0.2, 0.25) is 0 Å². The third-order valence-electron chi connectivity index (χ3n) is 4.68. The van der Waals surface area contributed by atoms with Crippen molar-refractivity contribution in [2.75, 3.05) is 49.5 Å². The van der Waals surface area contributed by atoms with Gasteiger partial charge in [0.15, 0.2) is 6.61 Å². The van der Waals surface area contributed by atoms with Crippen LogP contribution in [0.3, 0.4) is 0 Å². The maximum Gasteiger partial charge on any atom is 0.338 e. The number of hydrogen-bond donors (Lipinski definition) is 1. The molecule has 1 aliphatic rings. The summed E-state index contributed by atoms with van der Waals surface area (Å²) >= 11 is 0. The molecule has 142 valence electrons. The van der Waals surface area contributed by atoms with Gasteiger partial charge in [0.25, 0.3) is 5.91 Å². The maximum absolute atomic E-state index is 12.0. The minimum atomic E-state index is -0.507. The second-order valence-corrected chi connectivity index (χ2v) is 6.46. The van der Waals surface area contributed by atoms with Crippen molar-refractivity contribution in [1.29, 1.82) is 0 Å². The average molecular weight is 367 g/mol. The molecule has 0 unspecified atom stereocenters. The Balaban J connectivity index is 1.46. The van der Waals surface area contributed by atoms with Gasteiger partial charge >= 0.3 is 5.97 Å². The molecule has 3 rings (SSSR count). The fourth-order valence-corrected chi connectivity index (χ4v) is 3.06. The van der Waals surface area contributed by atoms with E-state index in [1.54, 1.807) is 24.3 Å².